The quantitative estimate of drug-likeness (QED) is 0.842. The van der Waals surface area contributed by atoms with Gasteiger partial charge in [-0.3, -0.25) is 0 Å². The zero-order valence-corrected chi connectivity index (χ0v) is 11.3. The number of hydrogen-bond donors (Lipinski definition) is 2. The molecule has 8 heteroatoms. The van der Waals surface area contributed by atoms with Crippen molar-refractivity contribution in [3.8, 4) is 0 Å². The molecule has 0 aliphatic carbocycles. The van der Waals surface area contributed by atoms with E-state index in [4.69, 9.17) is 5.11 Å². The average Bonchev–Trinajstić information content (AvgIpc) is 2.65. The average molecular weight is 278 g/mol. The van der Waals surface area contributed by atoms with Crippen LogP contribution in [0, 0.1) is 5.92 Å². The number of hydrogen-bond acceptors (Lipinski definition) is 5. The van der Waals surface area contributed by atoms with Gasteiger partial charge in [0.25, 0.3) is 10.0 Å². The number of aromatic nitrogens is 1. The maximum Gasteiger partial charge on any atom is 0.356 e. The zero-order chi connectivity index (χ0) is 13.2. The number of nitrogens with zero attached hydrogens (tertiary/aromatic N) is 1. The summed E-state index contributed by atoms with van der Waals surface area (Å²) in [4.78, 5) is 14.3. The first-order valence-electron chi connectivity index (χ1n) is 4.95. The van der Waals surface area contributed by atoms with E-state index in [-0.39, 0.29) is 16.2 Å². The fourth-order valence-electron chi connectivity index (χ4n) is 1.00. The topological polar surface area (TPSA) is 96.4 Å². The highest BCUT2D eigenvalue weighted by Crippen LogP contribution is 2.20. The zero-order valence-electron chi connectivity index (χ0n) is 9.67. The van der Waals surface area contributed by atoms with Crippen LogP contribution in [0.3, 0.4) is 0 Å². The lowest BCUT2D eigenvalue weighted by molar-refractivity contribution is 0.0687. The Labute approximate surface area is 104 Å². The minimum absolute atomic E-state index is 0.117. The molecule has 0 saturated carbocycles. The molecule has 1 aromatic rings. The molecule has 0 spiro atoms. The van der Waals surface area contributed by atoms with Crippen molar-refractivity contribution in [2.75, 3.05) is 0 Å². The van der Waals surface area contributed by atoms with Crippen LogP contribution in [0.5, 0.6) is 0 Å². The van der Waals surface area contributed by atoms with Gasteiger partial charge in [0.05, 0.1) is 5.51 Å². The van der Waals surface area contributed by atoms with E-state index in [0.29, 0.717) is 0 Å². The highest BCUT2D eigenvalue weighted by Gasteiger charge is 2.27. The Morgan fingerprint density at radius 3 is 2.53 bits per heavy atom. The van der Waals surface area contributed by atoms with Gasteiger partial charge < -0.3 is 5.11 Å². The van der Waals surface area contributed by atoms with Crippen molar-refractivity contribution in [3.63, 3.8) is 0 Å². The van der Waals surface area contributed by atoms with Crippen LogP contribution in [-0.4, -0.2) is 30.5 Å². The molecule has 2 N–H and O–H groups in total. The molecular formula is C9H14N2O4S2. The smallest absolute Gasteiger partial charge is 0.356 e. The second kappa shape index (κ2) is 5.11. The van der Waals surface area contributed by atoms with Crippen molar-refractivity contribution in [2.45, 2.75) is 31.0 Å². The molecule has 0 radical (unpaired) electrons. The molecule has 0 saturated heterocycles. The molecule has 1 aromatic heterocycles. The van der Waals surface area contributed by atoms with E-state index in [1.807, 2.05) is 13.8 Å². The van der Waals surface area contributed by atoms with Crippen molar-refractivity contribution in [1.82, 2.24) is 9.71 Å². The molecule has 1 rings (SSSR count). The minimum atomic E-state index is -3.81. The van der Waals surface area contributed by atoms with Crippen molar-refractivity contribution >= 4 is 27.3 Å². The monoisotopic (exact) mass is 278 g/mol. The van der Waals surface area contributed by atoms with Gasteiger partial charge in [-0.25, -0.2) is 22.9 Å². The molecule has 1 heterocycles. The van der Waals surface area contributed by atoms with Gasteiger partial charge in [-0.15, -0.1) is 11.3 Å². The molecule has 6 nitrogen and oxygen atoms in total. The van der Waals surface area contributed by atoms with E-state index in [9.17, 15) is 13.2 Å². The number of carboxylic acids is 1. The van der Waals surface area contributed by atoms with Gasteiger partial charge in [-0.1, -0.05) is 13.8 Å². The van der Waals surface area contributed by atoms with Gasteiger partial charge in [-0.05, 0) is 12.8 Å². The first kappa shape index (κ1) is 14.1. The molecule has 0 amide bonds. The van der Waals surface area contributed by atoms with Crippen molar-refractivity contribution in [3.05, 3.63) is 11.2 Å². The van der Waals surface area contributed by atoms with Gasteiger partial charge >= 0.3 is 5.97 Å². The Morgan fingerprint density at radius 2 is 2.06 bits per heavy atom. The number of sulfonamides is 1. The summed E-state index contributed by atoms with van der Waals surface area (Å²) in [6.07, 6.45) is 0. The SMILES string of the molecule is CC(C)C(C)NS(=O)(=O)c1scnc1C(=O)O. The lowest BCUT2D eigenvalue weighted by atomic mass is 10.1. The van der Waals surface area contributed by atoms with Crippen molar-refractivity contribution in [2.24, 2.45) is 5.92 Å². The summed E-state index contributed by atoms with van der Waals surface area (Å²) in [5.41, 5.74) is 0.774. The van der Waals surface area contributed by atoms with Crippen LogP contribution >= 0.6 is 11.3 Å². The number of thiazole rings is 1. The summed E-state index contributed by atoms with van der Waals surface area (Å²) >= 11 is 0.796. The molecule has 96 valence electrons. The molecule has 0 aliphatic rings. The van der Waals surface area contributed by atoms with Crippen LogP contribution in [0.4, 0.5) is 0 Å². The molecular weight excluding hydrogens is 264 g/mol. The first-order chi connectivity index (χ1) is 7.75. The summed E-state index contributed by atoms with van der Waals surface area (Å²) < 4.78 is 26.0. The minimum Gasteiger partial charge on any atom is -0.476 e. The fourth-order valence-corrected chi connectivity index (χ4v) is 3.55. The van der Waals surface area contributed by atoms with E-state index in [2.05, 4.69) is 9.71 Å². The number of aromatic carboxylic acids is 1. The van der Waals surface area contributed by atoms with E-state index >= 15 is 0 Å². The van der Waals surface area contributed by atoms with Gasteiger partial charge in [-0.2, -0.15) is 0 Å². The van der Waals surface area contributed by atoms with Crippen molar-refractivity contribution in [1.29, 1.82) is 0 Å². The second-order valence-electron chi connectivity index (χ2n) is 3.95. The maximum absolute atomic E-state index is 11.9. The van der Waals surface area contributed by atoms with Crippen molar-refractivity contribution < 1.29 is 18.3 Å². The van der Waals surface area contributed by atoms with Crippen LogP contribution in [0.25, 0.3) is 0 Å². The van der Waals surface area contributed by atoms with E-state index in [0.717, 1.165) is 11.3 Å². The lowest BCUT2D eigenvalue weighted by Gasteiger charge is -2.16. The highest BCUT2D eigenvalue weighted by atomic mass is 32.2. The Bertz CT molecular complexity index is 507. The summed E-state index contributed by atoms with van der Waals surface area (Å²) in [6, 6.07) is -0.274. The number of carbonyl (C=O) groups is 1. The van der Waals surface area contributed by atoms with Crippen LogP contribution in [0.15, 0.2) is 9.72 Å². The molecule has 0 aromatic carbocycles. The van der Waals surface area contributed by atoms with Crippen LogP contribution in [0.1, 0.15) is 31.3 Å². The van der Waals surface area contributed by atoms with E-state index in [1.165, 1.54) is 5.51 Å². The van der Waals surface area contributed by atoms with Gasteiger partial charge in [0, 0.05) is 6.04 Å². The second-order valence-corrected chi connectivity index (χ2v) is 6.71. The summed E-state index contributed by atoms with van der Waals surface area (Å²) in [5.74, 6) is -1.23. The number of nitrogens with one attached hydrogen (secondary N) is 1. The Kier molecular flexibility index (Phi) is 4.23. The molecule has 0 fully saturated rings. The summed E-state index contributed by atoms with van der Waals surface area (Å²) in [5, 5.41) is 8.81. The predicted molar refractivity (Wildman–Crippen MR) is 63.7 cm³/mol. The molecule has 17 heavy (non-hydrogen) atoms. The normalized spacial score (nSPS) is 13.9. The molecule has 1 atom stereocenters. The standard InChI is InChI=1S/C9H14N2O4S2/c1-5(2)6(3)11-17(14,15)9-7(8(12)13)10-4-16-9/h4-6,11H,1-3H3,(H,12,13). The van der Waals surface area contributed by atoms with Crippen LogP contribution in [-0.2, 0) is 10.0 Å². The number of carboxylic acid groups (broad SMARTS) is 1. The molecule has 1 unspecified atom stereocenters. The number of rotatable bonds is 5. The third kappa shape index (κ3) is 3.24. The Balaban J connectivity index is 3.06. The largest absolute Gasteiger partial charge is 0.476 e. The lowest BCUT2D eigenvalue weighted by Crippen LogP contribution is -2.36. The molecule has 0 aliphatic heterocycles. The van der Waals surface area contributed by atoms with Crippen LogP contribution < -0.4 is 4.72 Å². The Morgan fingerprint density at radius 1 is 1.47 bits per heavy atom. The predicted octanol–water partition coefficient (Wildman–Crippen LogP) is 1.16. The maximum atomic E-state index is 11.9. The third-order valence-electron chi connectivity index (χ3n) is 2.32. The van der Waals surface area contributed by atoms with E-state index in [1.54, 1.807) is 6.92 Å². The fraction of sp³-hybridized carbons (Fsp3) is 0.556. The van der Waals surface area contributed by atoms with E-state index < -0.39 is 21.7 Å². The third-order valence-corrected chi connectivity index (χ3v) is 5.25. The summed E-state index contributed by atoms with van der Waals surface area (Å²) in [6.45, 7) is 5.47. The van der Waals surface area contributed by atoms with Gasteiger partial charge in [0.15, 0.2) is 9.90 Å². The van der Waals surface area contributed by atoms with Gasteiger partial charge in [0.1, 0.15) is 0 Å². The van der Waals surface area contributed by atoms with Crippen LogP contribution in [0.2, 0.25) is 0 Å². The Hall–Kier alpha value is -0.990. The summed E-state index contributed by atoms with van der Waals surface area (Å²) in [7, 11) is -3.81. The van der Waals surface area contributed by atoms with Gasteiger partial charge in [0.2, 0.25) is 0 Å². The molecule has 0 bridgehead atoms. The first-order valence-corrected chi connectivity index (χ1v) is 7.31. The highest BCUT2D eigenvalue weighted by molar-refractivity contribution is 7.91.